The van der Waals surface area contributed by atoms with Gasteiger partial charge in [0.25, 0.3) is 0 Å². The minimum Gasteiger partial charge on any atom is -0.444 e. The third kappa shape index (κ3) is 3.81. The number of ether oxygens (including phenoxy) is 1. The summed E-state index contributed by atoms with van der Waals surface area (Å²) in [5, 5.41) is 2.53. The van der Waals surface area contributed by atoms with E-state index in [1.54, 1.807) is 20.8 Å². The molecule has 0 unspecified atom stereocenters. The van der Waals surface area contributed by atoms with Crippen LogP contribution in [-0.2, 0) is 4.74 Å². The highest BCUT2D eigenvalue weighted by molar-refractivity contribution is 5.91. The molecule has 2 N–H and O–H groups in total. The lowest BCUT2D eigenvalue weighted by Gasteiger charge is -2.19. The average Bonchev–Trinajstić information content (AvgIpc) is 2.74. The molecule has 112 valence electrons. The number of aromatic amines is 1. The van der Waals surface area contributed by atoms with Gasteiger partial charge in [-0.05, 0) is 32.9 Å². The molecule has 1 aromatic heterocycles. The fourth-order valence-electron chi connectivity index (χ4n) is 1.81. The van der Waals surface area contributed by atoms with E-state index < -0.39 is 23.3 Å². The van der Waals surface area contributed by atoms with E-state index in [1.807, 2.05) is 0 Å². The first kappa shape index (κ1) is 15.0. The lowest BCUT2D eigenvalue weighted by atomic mass is 10.1. The Morgan fingerprint density at radius 1 is 1.19 bits per heavy atom. The van der Waals surface area contributed by atoms with Crippen LogP contribution in [0.2, 0.25) is 0 Å². The fourth-order valence-corrected chi connectivity index (χ4v) is 1.81. The topological polar surface area (TPSA) is 54.1 Å². The van der Waals surface area contributed by atoms with Gasteiger partial charge in [0, 0.05) is 29.6 Å². The van der Waals surface area contributed by atoms with Gasteiger partial charge in [0.2, 0.25) is 0 Å². The molecule has 0 saturated heterocycles. The van der Waals surface area contributed by atoms with Gasteiger partial charge in [0.05, 0.1) is 5.69 Å². The summed E-state index contributed by atoms with van der Waals surface area (Å²) in [7, 11) is 0. The van der Waals surface area contributed by atoms with Crippen LogP contribution < -0.4 is 5.32 Å². The second-order valence-electron chi connectivity index (χ2n) is 5.53. The molecule has 6 heteroatoms. The van der Waals surface area contributed by atoms with E-state index in [-0.39, 0.29) is 5.56 Å². The number of nitrogens with one attached hydrogen (secondary N) is 2. The highest BCUT2D eigenvalue weighted by Crippen LogP contribution is 2.30. The molecule has 2 rings (SSSR count). The van der Waals surface area contributed by atoms with Crippen molar-refractivity contribution < 1.29 is 18.3 Å². The Kier molecular flexibility index (Phi) is 3.97. The molecule has 1 heterocycles. The van der Waals surface area contributed by atoms with Gasteiger partial charge < -0.3 is 9.72 Å². The zero-order valence-corrected chi connectivity index (χ0v) is 12.0. The van der Waals surface area contributed by atoms with Gasteiger partial charge in [0.1, 0.15) is 17.2 Å². The van der Waals surface area contributed by atoms with Crippen LogP contribution in [0.1, 0.15) is 20.8 Å². The molecule has 21 heavy (non-hydrogen) atoms. The monoisotopic (exact) mass is 294 g/mol. The number of rotatable bonds is 2. The summed E-state index contributed by atoms with van der Waals surface area (Å²) in [6.07, 6.45) is 2.37. The van der Waals surface area contributed by atoms with Crippen molar-refractivity contribution in [3.05, 3.63) is 42.2 Å². The Hall–Kier alpha value is -2.37. The van der Waals surface area contributed by atoms with Gasteiger partial charge >= 0.3 is 6.09 Å². The number of anilines is 1. The van der Waals surface area contributed by atoms with Crippen molar-refractivity contribution in [1.82, 2.24) is 4.98 Å². The largest absolute Gasteiger partial charge is 0.444 e. The highest BCUT2D eigenvalue weighted by Gasteiger charge is 2.19. The SMILES string of the molecule is CC(C)(C)OC(=O)Nc1c[nH]cc1-c1ccc(F)cc1F. The molecule has 1 amide bonds. The smallest absolute Gasteiger partial charge is 0.412 e. The summed E-state index contributed by atoms with van der Waals surface area (Å²) in [5.74, 6) is -1.37. The van der Waals surface area contributed by atoms with Gasteiger partial charge in [-0.2, -0.15) is 0 Å². The minimum absolute atomic E-state index is 0.184. The second-order valence-corrected chi connectivity index (χ2v) is 5.53. The summed E-state index contributed by atoms with van der Waals surface area (Å²) in [5.41, 5.74) is 0.318. The van der Waals surface area contributed by atoms with Crippen LogP contribution in [0.5, 0.6) is 0 Å². The van der Waals surface area contributed by atoms with Gasteiger partial charge in [0.15, 0.2) is 0 Å². The molecule has 0 radical (unpaired) electrons. The van der Waals surface area contributed by atoms with Crippen LogP contribution in [0.25, 0.3) is 11.1 Å². The van der Waals surface area contributed by atoms with Crippen LogP contribution in [0.4, 0.5) is 19.3 Å². The molecule has 0 aliphatic rings. The zero-order chi connectivity index (χ0) is 15.6. The molecular weight excluding hydrogens is 278 g/mol. The number of benzene rings is 1. The van der Waals surface area contributed by atoms with Crippen molar-refractivity contribution in [2.45, 2.75) is 26.4 Å². The first-order valence-electron chi connectivity index (χ1n) is 6.38. The molecule has 0 aliphatic heterocycles. The summed E-state index contributed by atoms with van der Waals surface area (Å²) in [4.78, 5) is 14.5. The van der Waals surface area contributed by atoms with E-state index in [2.05, 4.69) is 10.3 Å². The lowest BCUT2D eigenvalue weighted by molar-refractivity contribution is 0.0636. The first-order valence-corrected chi connectivity index (χ1v) is 6.38. The van der Waals surface area contributed by atoms with Gasteiger partial charge in [-0.15, -0.1) is 0 Å². The standard InChI is InChI=1S/C15H16F2N2O2/c1-15(2,3)21-14(20)19-13-8-18-7-11(13)10-5-4-9(16)6-12(10)17/h4-8,18H,1-3H3,(H,19,20). The maximum Gasteiger partial charge on any atom is 0.412 e. The molecule has 0 saturated carbocycles. The predicted molar refractivity (Wildman–Crippen MR) is 76.0 cm³/mol. The van der Waals surface area contributed by atoms with E-state index in [1.165, 1.54) is 18.5 Å². The Bertz CT molecular complexity index is 660. The summed E-state index contributed by atoms with van der Waals surface area (Å²) in [6, 6.07) is 3.26. The molecule has 0 atom stereocenters. The fraction of sp³-hybridized carbons (Fsp3) is 0.267. The van der Waals surface area contributed by atoms with Crippen molar-refractivity contribution in [3.8, 4) is 11.1 Å². The Balaban J connectivity index is 2.25. The Morgan fingerprint density at radius 2 is 1.90 bits per heavy atom. The number of amides is 1. The van der Waals surface area contributed by atoms with Crippen LogP contribution in [0.15, 0.2) is 30.6 Å². The van der Waals surface area contributed by atoms with Crippen molar-refractivity contribution in [2.75, 3.05) is 5.32 Å². The molecule has 0 spiro atoms. The first-order chi connectivity index (χ1) is 9.76. The van der Waals surface area contributed by atoms with Crippen molar-refractivity contribution in [2.24, 2.45) is 0 Å². The zero-order valence-electron chi connectivity index (χ0n) is 12.0. The average molecular weight is 294 g/mol. The van der Waals surface area contributed by atoms with Crippen molar-refractivity contribution in [3.63, 3.8) is 0 Å². The quantitative estimate of drug-likeness (QED) is 0.867. The number of aromatic nitrogens is 1. The third-order valence-corrected chi connectivity index (χ3v) is 2.60. The number of carbonyl (C=O) groups excluding carboxylic acids is 1. The van der Waals surface area contributed by atoms with Crippen molar-refractivity contribution in [1.29, 1.82) is 0 Å². The summed E-state index contributed by atoms with van der Waals surface area (Å²) in [6.45, 7) is 5.22. The number of hydrogen-bond acceptors (Lipinski definition) is 2. The Labute approximate surface area is 121 Å². The van der Waals surface area contributed by atoms with Crippen molar-refractivity contribution >= 4 is 11.8 Å². The number of H-pyrrole nitrogens is 1. The normalized spacial score (nSPS) is 11.3. The lowest BCUT2D eigenvalue weighted by Crippen LogP contribution is -2.27. The van der Waals surface area contributed by atoms with Crippen LogP contribution >= 0.6 is 0 Å². The van der Waals surface area contributed by atoms with Crippen LogP contribution in [0.3, 0.4) is 0 Å². The number of carbonyl (C=O) groups is 1. The van der Waals surface area contributed by atoms with E-state index in [9.17, 15) is 13.6 Å². The number of hydrogen-bond donors (Lipinski definition) is 2. The molecule has 1 aromatic carbocycles. The molecular formula is C15H16F2N2O2. The molecule has 2 aromatic rings. The third-order valence-electron chi connectivity index (χ3n) is 2.60. The molecule has 0 bridgehead atoms. The maximum atomic E-state index is 13.8. The van der Waals surface area contributed by atoms with Gasteiger partial charge in [-0.1, -0.05) is 0 Å². The van der Waals surface area contributed by atoms with Crippen LogP contribution in [0, 0.1) is 11.6 Å². The predicted octanol–water partition coefficient (Wildman–Crippen LogP) is 4.31. The van der Waals surface area contributed by atoms with E-state index >= 15 is 0 Å². The maximum absolute atomic E-state index is 13.8. The molecule has 4 nitrogen and oxygen atoms in total. The molecule has 0 aliphatic carbocycles. The summed E-state index contributed by atoms with van der Waals surface area (Å²) < 4.78 is 31.9. The minimum atomic E-state index is -0.707. The van der Waals surface area contributed by atoms with Gasteiger partial charge in [-0.3, -0.25) is 5.32 Å². The highest BCUT2D eigenvalue weighted by atomic mass is 19.1. The number of halogens is 2. The van der Waals surface area contributed by atoms with Gasteiger partial charge in [-0.25, -0.2) is 13.6 Å². The summed E-state index contributed by atoms with van der Waals surface area (Å²) >= 11 is 0. The van der Waals surface area contributed by atoms with E-state index in [4.69, 9.17) is 4.74 Å². The van der Waals surface area contributed by atoms with E-state index in [0.717, 1.165) is 12.1 Å². The second kappa shape index (κ2) is 5.55. The Morgan fingerprint density at radius 3 is 2.52 bits per heavy atom. The van der Waals surface area contributed by atoms with Crippen LogP contribution in [-0.4, -0.2) is 16.7 Å². The van der Waals surface area contributed by atoms with E-state index in [0.29, 0.717) is 11.3 Å². The molecule has 0 fully saturated rings.